The Hall–Kier alpha value is -2.54. The summed E-state index contributed by atoms with van der Waals surface area (Å²) in [5, 5.41) is 3.65. The smallest absolute Gasteiger partial charge is 0.251 e. The van der Waals surface area contributed by atoms with E-state index >= 15 is 0 Å². The van der Waals surface area contributed by atoms with Crippen LogP contribution in [0.25, 0.3) is 0 Å². The molecule has 0 atom stereocenters. The Balaban J connectivity index is 1.78. The molecule has 0 radical (unpaired) electrons. The van der Waals surface area contributed by atoms with Gasteiger partial charge in [-0.15, -0.1) is 0 Å². The maximum Gasteiger partial charge on any atom is 0.251 e. The molecular formula is C23H22Cl2N2O3S. The predicted octanol–water partition coefficient (Wildman–Crippen LogP) is 5.20. The lowest BCUT2D eigenvalue weighted by Crippen LogP contribution is -2.29. The molecule has 0 saturated heterocycles. The fraction of sp³-hybridized carbons (Fsp3) is 0.174. The van der Waals surface area contributed by atoms with Crippen LogP contribution in [0.15, 0.2) is 66.7 Å². The summed E-state index contributed by atoms with van der Waals surface area (Å²) in [6, 6.07) is 19.2. The number of carbonyl (C=O) groups is 1. The van der Waals surface area contributed by atoms with Gasteiger partial charge >= 0.3 is 0 Å². The zero-order valence-corrected chi connectivity index (χ0v) is 19.4. The van der Waals surface area contributed by atoms with Crippen LogP contribution in [0.5, 0.6) is 0 Å². The van der Waals surface area contributed by atoms with E-state index in [1.807, 2.05) is 31.2 Å². The quantitative estimate of drug-likeness (QED) is 0.509. The van der Waals surface area contributed by atoms with Crippen LogP contribution < -0.4 is 9.62 Å². The minimum atomic E-state index is -3.62. The molecule has 8 heteroatoms. The highest BCUT2D eigenvalue weighted by atomic mass is 35.5. The Morgan fingerprint density at radius 3 is 2.13 bits per heavy atom. The molecule has 0 unspecified atom stereocenters. The zero-order valence-electron chi connectivity index (χ0n) is 17.1. The van der Waals surface area contributed by atoms with Gasteiger partial charge in [0.1, 0.15) is 0 Å². The number of carbonyl (C=O) groups excluding carboxylic acids is 1. The third-order valence-electron chi connectivity index (χ3n) is 4.88. The second-order valence-electron chi connectivity index (χ2n) is 7.13. The Kier molecular flexibility index (Phi) is 7.26. The fourth-order valence-electron chi connectivity index (χ4n) is 3.09. The second-order valence-corrected chi connectivity index (χ2v) is 9.85. The molecule has 0 fully saturated rings. The van der Waals surface area contributed by atoms with E-state index in [0.29, 0.717) is 33.4 Å². The van der Waals surface area contributed by atoms with E-state index in [9.17, 15) is 13.2 Å². The molecule has 1 N–H and O–H groups in total. The highest BCUT2D eigenvalue weighted by molar-refractivity contribution is 7.92. The fourth-order valence-corrected chi connectivity index (χ4v) is 4.48. The Morgan fingerprint density at radius 2 is 1.55 bits per heavy atom. The van der Waals surface area contributed by atoms with Gasteiger partial charge in [-0.25, -0.2) is 8.42 Å². The van der Waals surface area contributed by atoms with E-state index in [-0.39, 0.29) is 12.5 Å². The van der Waals surface area contributed by atoms with Crippen LogP contribution in [-0.2, 0) is 23.1 Å². The first-order valence-corrected chi connectivity index (χ1v) is 12.1. The number of benzene rings is 3. The second kappa shape index (κ2) is 9.73. The monoisotopic (exact) mass is 476 g/mol. The Morgan fingerprint density at radius 1 is 0.935 bits per heavy atom. The molecule has 31 heavy (non-hydrogen) atoms. The first kappa shape index (κ1) is 23.1. The average molecular weight is 477 g/mol. The van der Waals surface area contributed by atoms with Crippen molar-refractivity contribution in [1.82, 2.24) is 5.32 Å². The molecule has 3 aromatic rings. The summed E-state index contributed by atoms with van der Waals surface area (Å²) in [5.74, 6) is -0.241. The van der Waals surface area contributed by atoms with Gasteiger partial charge in [-0.2, -0.15) is 0 Å². The number of hydrogen-bond donors (Lipinski definition) is 1. The molecular weight excluding hydrogens is 455 g/mol. The van der Waals surface area contributed by atoms with Crippen molar-refractivity contribution in [3.63, 3.8) is 0 Å². The van der Waals surface area contributed by atoms with Crippen molar-refractivity contribution in [3.8, 4) is 0 Å². The summed E-state index contributed by atoms with van der Waals surface area (Å²) >= 11 is 12.4. The maximum absolute atomic E-state index is 12.5. The molecule has 0 heterocycles. The van der Waals surface area contributed by atoms with Gasteiger partial charge in [0.25, 0.3) is 5.91 Å². The molecule has 3 rings (SSSR count). The number of anilines is 1. The lowest BCUT2D eigenvalue weighted by atomic mass is 10.1. The van der Waals surface area contributed by atoms with Crippen LogP contribution in [-0.4, -0.2) is 20.6 Å². The molecule has 0 saturated carbocycles. The summed E-state index contributed by atoms with van der Waals surface area (Å²) in [4.78, 5) is 12.5. The predicted molar refractivity (Wildman–Crippen MR) is 126 cm³/mol. The number of sulfonamides is 1. The standard InChI is InChI=1S/C23H22Cl2N2O3S/c1-16-6-3-4-7-18(16)14-26-23(28)17-10-12-19(13-11-17)27(31(2,29)30)15-20-21(24)8-5-9-22(20)25/h3-13H,14-15H2,1-2H3,(H,26,28). The number of halogens is 2. The van der Waals surface area contributed by atoms with Gasteiger partial charge in [-0.05, 0) is 54.4 Å². The Labute approximate surface area is 192 Å². The van der Waals surface area contributed by atoms with Gasteiger partial charge in [0, 0.05) is 27.7 Å². The Bertz CT molecular complexity index is 1180. The van der Waals surface area contributed by atoms with Crippen molar-refractivity contribution < 1.29 is 13.2 Å². The van der Waals surface area contributed by atoms with Crippen molar-refractivity contribution in [2.45, 2.75) is 20.0 Å². The number of hydrogen-bond acceptors (Lipinski definition) is 3. The van der Waals surface area contributed by atoms with Crippen molar-refractivity contribution in [2.75, 3.05) is 10.6 Å². The molecule has 0 aliphatic rings. The molecule has 0 bridgehead atoms. The van der Waals surface area contributed by atoms with Gasteiger partial charge < -0.3 is 5.32 Å². The minimum Gasteiger partial charge on any atom is -0.348 e. The molecule has 0 aliphatic carbocycles. The first-order valence-electron chi connectivity index (χ1n) is 9.50. The van der Waals surface area contributed by atoms with Crippen LogP contribution >= 0.6 is 23.2 Å². The summed E-state index contributed by atoms with van der Waals surface area (Å²) < 4.78 is 26.1. The van der Waals surface area contributed by atoms with E-state index in [4.69, 9.17) is 23.2 Å². The average Bonchev–Trinajstić information content (AvgIpc) is 2.72. The van der Waals surface area contributed by atoms with Crippen molar-refractivity contribution in [1.29, 1.82) is 0 Å². The maximum atomic E-state index is 12.5. The molecule has 0 aromatic heterocycles. The number of nitrogens with zero attached hydrogens (tertiary/aromatic N) is 1. The molecule has 3 aromatic carbocycles. The van der Waals surface area contributed by atoms with E-state index < -0.39 is 10.0 Å². The SMILES string of the molecule is Cc1ccccc1CNC(=O)c1ccc(N(Cc2c(Cl)cccc2Cl)S(C)(=O)=O)cc1. The van der Waals surface area contributed by atoms with Gasteiger partial charge in [-0.1, -0.05) is 53.5 Å². The normalized spacial score (nSPS) is 11.2. The molecule has 162 valence electrons. The minimum absolute atomic E-state index is 0.0177. The third-order valence-corrected chi connectivity index (χ3v) is 6.73. The topological polar surface area (TPSA) is 66.5 Å². The number of aryl methyl sites for hydroxylation is 1. The molecule has 5 nitrogen and oxygen atoms in total. The molecule has 1 amide bonds. The van der Waals surface area contributed by atoms with E-state index in [0.717, 1.165) is 17.4 Å². The zero-order chi connectivity index (χ0) is 22.6. The van der Waals surface area contributed by atoms with Crippen molar-refractivity contribution in [2.24, 2.45) is 0 Å². The largest absolute Gasteiger partial charge is 0.348 e. The summed E-state index contributed by atoms with van der Waals surface area (Å²) in [6.07, 6.45) is 1.11. The van der Waals surface area contributed by atoms with Crippen LogP contribution in [0.1, 0.15) is 27.0 Å². The first-order chi connectivity index (χ1) is 14.7. The summed E-state index contributed by atoms with van der Waals surface area (Å²) in [6.45, 7) is 2.38. The molecule has 0 spiro atoms. The molecule has 0 aliphatic heterocycles. The van der Waals surface area contributed by atoms with Crippen LogP contribution in [0.3, 0.4) is 0 Å². The lowest BCUT2D eigenvalue weighted by molar-refractivity contribution is 0.0951. The number of rotatable bonds is 7. The lowest BCUT2D eigenvalue weighted by Gasteiger charge is -2.23. The summed E-state index contributed by atoms with van der Waals surface area (Å²) in [5.41, 5.74) is 3.49. The number of amides is 1. The summed E-state index contributed by atoms with van der Waals surface area (Å²) in [7, 11) is -3.62. The number of nitrogens with one attached hydrogen (secondary N) is 1. The third kappa shape index (κ3) is 5.79. The van der Waals surface area contributed by atoms with Gasteiger partial charge in [0.15, 0.2) is 0 Å². The van der Waals surface area contributed by atoms with Gasteiger partial charge in [0.2, 0.25) is 10.0 Å². The van der Waals surface area contributed by atoms with E-state index in [2.05, 4.69) is 5.32 Å². The van der Waals surface area contributed by atoms with Gasteiger partial charge in [0.05, 0.1) is 18.5 Å². The van der Waals surface area contributed by atoms with Crippen molar-refractivity contribution in [3.05, 3.63) is 99.0 Å². The van der Waals surface area contributed by atoms with E-state index in [1.54, 1.807) is 42.5 Å². The van der Waals surface area contributed by atoms with Crippen molar-refractivity contribution >= 4 is 44.8 Å². The van der Waals surface area contributed by atoms with Crippen LogP contribution in [0, 0.1) is 6.92 Å². The van der Waals surface area contributed by atoms with Crippen LogP contribution in [0.4, 0.5) is 5.69 Å². The highest BCUT2D eigenvalue weighted by Crippen LogP contribution is 2.29. The van der Waals surface area contributed by atoms with Gasteiger partial charge in [-0.3, -0.25) is 9.10 Å². The van der Waals surface area contributed by atoms with Crippen LogP contribution in [0.2, 0.25) is 10.0 Å². The highest BCUT2D eigenvalue weighted by Gasteiger charge is 2.21. The van der Waals surface area contributed by atoms with E-state index in [1.165, 1.54) is 4.31 Å².